The Hall–Kier alpha value is -2.21. The zero-order valence-corrected chi connectivity index (χ0v) is 21.5. The van der Waals surface area contributed by atoms with Gasteiger partial charge < -0.3 is 10.1 Å². The molecule has 192 valence electrons. The predicted molar refractivity (Wildman–Crippen MR) is 130 cm³/mol. The maximum atomic E-state index is 13.7. The minimum absolute atomic E-state index is 0.0160. The molecule has 0 atom stereocenters. The van der Waals surface area contributed by atoms with Gasteiger partial charge in [-0.2, -0.15) is 0 Å². The lowest BCUT2D eigenvalue weighted by Gasteiger charge is -2.18. The first-order valence-electron chi connectivity index (χ1n) is 8.97. The van der Waals surface area contributed by atoms with Crippen molar-refractivity contribution < 1.29 is 32.3 Å². The number of aromatic nitrogens is 1. The van der Waals surface area contributed by atoms with Crippen LogP contribution >= 0.6 is 69.6 Å². The van der Waals surface area contributed by atoms with E-state index in [0.717, 1.165) is 18.2 Å². The van der Waals surface area contributed by atoms with E-state index >= 15 is 0 Å². The van der Waals surface area contributed by atoms with E-state index in [1.165, 1.54) is 24.4 Å². The number of alkyl halides is 3. The number of carbonyl (C=O) groups excluding carboxylic acids is 2. The van der Waals surface area contributed by atoms with Crippen LogP contribution in [0.2, 0.25) is 15.1 Å². The van der Waals surface area contributed by atoms with Gasteiger partial charge in [-0.3, -0.25) is 10.1 Å². The largest absolute Gasteiger partial charge is 0.435 e. The number of urea groups is 1. The van der Waals surface area contributed by atoms with Crippen molar-refractivity contribution in [3.8, 4) is 11.6 Å². The van der Waals surface area contributed by atoms with Gasteiger partial charge in [-0.1, -0.05) is 75.7 Å². The standard InChI is InChI=1S/C20H9Cl6F2N3O3.F2/c21-9-4-5-29-18(15(9)20(24,25)26)34-16-10(22)6-8(7-11(16)23)30-19(33)31-17(32)14-12(27)2-1-3-13(14)28;1-2/h1-7H,(H2,30,31,32,33);. The van der Waals surface area contributed by atoms with Crippen molar-refractivity contribution in [3.05, 3.63) is 80.4 Å². The molecule has 1 aromatic heterocycles. The Morgan fingerprint density at radius 3 is 2.00 bits per heavy atom. The number of amides is 3. The van der Waals surface area contributed by atoms with Gasteiger partial charge in [-0.15, -0.1) is 0 Å². The Balaban J connectivity index is 0.00000222. The van der Waals surface area contributed by atoms with E-state index in [1.54, 1.807) is 5.32 Å². The lowest BCUT2D eigenvalue weighted by molar-refractivity contribution is 0.0959. The molecule has 3 rings (SSSR count). The van der Waals surface area contributed by atoms with Crippen LogP contribution in [0.3, 0.4) is 0 Å². The molecule has 0 fully saturated rings. The lowest BCUT2D eigenvalue weighted by atomic mass is 10.2. The molecule has 3 aromatic rings. The van der Waals surface area contributed by atoms with Crippen LogP contribution in [-0.4, -0.2) is 16.9 Å². The fraction of sp³-hybridized carbons (Fsp3) is 0.0500. The molecule has 0 saturated carbocycles. The third kappa shape index (κ3) is 7.41. The molecule has 0 aliphatic carbocycles. The summed E-state index contributed by atoms with van der Waals surface area (Å²) in [6.07, 6.45) is 1.30. The molecule has 3 amide bonds. The van der Waals surface area contributed by atoms with Crippen LogP contribution in [-0.2, 0) is 3.79 Å². The van der Waals surface area contributed by atoms with E-state index in [2.05, 4.69) is 10.3 Å². The molecule has 0 unspecified atom stereocenters. The summed E-state index contributed by atoms with van der Waals surface area (Å²) in [4.78, 5) is 28.2. The average Bonchev–Trinajstić information content (AvgIpc) is 2.76. The van der Waals surface area contributed by atoms with E-state index in [1.807, 2.05) is 0 Å². The van der Waals surface area contributed by atoms with E-state index in [4.69, 9.17) is 83.5 Å². The Morgan fingerprint density at radius 1 is 0.917 bits per heavy atom. The summed E-state index contributed by atoms with van der Waals surface area (Å²) in [5.74, 6) is -3.86. The highest BCUT2D eigenvalue weighted by Gasteiger charge is 2.32. The average molecular weight is 628 g/mol. The van der Waals surface area contributed by atoms with Crippen molar-refractivity contribution in [1.82, 2.24) is 10.3 Å². The number of nitrogens with one attached hydrogen (secondary N) is 2. The number of pyridine rings is 1. The highest BCUT2D eigenvalue weighted by molar-refractivity contribution is 6.67. The molecule has 0 bridgehead atoms. The molecular formula is C20H9Cl6F4N3O3. The summed E-state index contributed by atoms with van der Waals surface area (Å²) in [5.41, 5.74) is -0.965. The maximum Gasteiger partial charge on any atom is 0.326 e. The van der Waals surface area contributed by atoms with E-state index in [-0.39, 0.29) is 37.9 Å². The number of anilines is 1. The van der Waals surface area contributed by atoms with Gasteiger partial charge in [0.05, 0.1) is 20.6 Å². The SMILES string of the molecule is FF.O=C(NC(=O)c1c(F)cccc1F)Nc1cc(Cl)c(Oc2nccc(Cl)c2C(Cl)(Cl)Cl)c(Cl)c1. The van der Waals surface area contributed by atoms with Crippen LogP contribution < -0.4 is 15.4 Å². The van der Waals surface area contributed by atoms with Crippen LogP contribution in [0.1, 0.15) is 15.9 Å². The maximum absolute atomic E-state index is 13.7. The number of benzene rings is 2. The summed E-state index contributed by atoms with van der Waals surface area (Å²) >= 11 is 36.3. The topological polar surface area (TPSA) is 80.3 Å². The molecule has 16 heteroatoms. The first-order chi connectivity index (χ1) is 16.9. The second kappa shape index (κ2) is 12.8. The smallest absolute Gasteiger partial charge is 0.326 e. The predicted octanol–water partition coefficient (Wildman–Crippen LogP) is 8.74. The number of hydrogen-bond donors (Lipinski definition) is 2. The zero-order valence-electron chi connectivity index (χ0n) is 17.0. The summed E-state index contributed by atoms with van der Waals surface area (Å²) in [5, 5.41) is 3.90. The first kappa shape index (κ1) is 30.0. The number of ether oxygens (including phenoxy) is 1. The number of hydrogen-bond acceptors (Lipinski definition) is 4. The normalized spacial score (nSPS) is 10.7. The summed E-state index contributed by atoms with van der Waals surface area (Å²) < 4.78 is 47.1. The number of rotatable bonds is 4. The molecule has 2 aromatic carbocycles. The van der Waals surface area contributed by atoms with Crippen molar-refractivity contribution in [1.29, 1.82) is 0 Å². The molecule has 0 saturated heterocycles. The van der Waals surface area contributed by atoms with E-state index in [0.29, 0.717) is 0 Å². The van der Waals surface area contributed by atoms with Crippen LogP contribution in [0, 0.1) is 11.6 Å². The van der Waals surface area contributed by atoms with Crippen molar-refractivity contribution in [2.45, 2.75) is 3.79 Å². The number of nitrogens with zero attached hydrogens (tertiary/aromatic N) is 1. The molecule has 1 heterocycles. The number of carbonyl (C=O) groups is 2. The van der Waals surface area contributed by atoms with Gasteiger partial charge in [0.2, 0.25) is 9.67 Å². The van der Waals surface area contributed by atoms with Crippen LogP contribution in [0.5, 0.6) is 11.6 Å². The van der Waals surface area contributed by atoms with E-state index in [9.17, 15) is 18.4 Å². The van der Waals surface area contributed by atoms with Gasteiger partial charge in [0.1, 0.15) is 17.2 Å². The second-order valence-electron chi connectivity index (χ2n) is 6.35. The Kier molecular flexibility index (Phi) is 10.7. The van der Waals surface area contributed by atoms with E-state index < -0.39 is 32.9 Å². The van der Waals surface area contributed by atoms with Crippen LogP contribution in [0.15, 0.2) is 42.6 Å². The zero-order chi connectivity index (χ0) is 27.2. The monoisotopic (exact) mass is 625 g/mol. The van der Waals surface area contributed by atoms with Crippen molar-refractivity contribution in [2.75, 3.05) is 5.32 Å². The quantitative estimate of drug-likeness (QED) is 0.224. The lowest BCUT2D eigenvalue weighted by Crippen LogP contribution is -2.35. The molecule has 6 nitrogen and oxygen atoms in total. The molecule has 2 N–H and O–H groups in total. The Morgan fingerprint density at radius 2 is 1.47 bits per heavy atom. The molecular weight excluding hydrogens is 619 g/mol. The van der Waals surface area contributed by atoms with Gasteiger partial charge in [0, 0.05) is 21.0 Å². The summed E-state index contributed by atoms with van der Waals surface area (Å²) in [6.45, 7) is 0. The molecule has 0 aliphatic rings. The minimum atomic E-state index is -1.98. The van der Waals surface area contributed by atoms with Crippen molar-refractivity contribution in [2.24, 2.45) is 0 Å². The Bertz CT molecular complexity index is 1250. The highest BCUT2D eigenvalue weighted by Crippen LogP contribution is 2.48. The van der Waals surface area contributed by atoms with Gasteiger partial charge >= 0.3 is 6.03 Å². The van der Waals surface area contributed by atoms with Crippen molar-refractivity contribution in [3.63, 3.8) is 0 Å². The van der Waals surface area contributed by atoms with Crippen molar-refractivity contribution >= 4 is 87.2 Å². The van der Waals surface area contributed by atoms with Crippen LogP contribution in [0.25, 0.3) is 0 Å². The fourth-order valence-corrected chi connectivity index (χ4v) is 4.16. The highest BCUT2D eigenvalue weighted by atomic mass is 35.6. The number of imide groups is 1. The van der Waals surface area contributed by atoms with Gasteiger partial charge in [0.15, 0.2) is 5.75 Å². The number of halogens is 10. The minimum Gasteiger partial charge on any atom is -0.435 e. The molecule has 36 heavy (non-hydrogen) atoms. The third-order valence-electron chi connectivity index (χ3n) is 4.02. The summed E-state index contributed by atoms with van der Waals surface area (Å²) in [6, 6.07) is 5.53. The Labute approximate surface area is 230 Å². The first-order valence-corrected chi connectivity index (χ1v) is 11.2. The molecule has 0 aliphatic heterocycles. The van der Waals surface area contributed by atoms with Gasteiger partial charge in [-0.25, -0.2) is 18.6 Å². The molecule has 0 spiro atoms. The second-order valence-corrected chi connectivity index (χ2v) is 9.85. The third-order valence-corrected chi connectivity index (χ3v) is 5.46. The molecule has 0 radical (unpaired) electrons. The van der Waals surface area contributed by atoms with Gasteiger partial charge in [0.25, 0.3) is 5.91 Å². The van der Waals surface area contributed by atoms with Gasteiger partial charge in [-0.05, 0) is 30.3 Å². The summed E-state index contributed by atoms with van der Waals surface area (Å²) in [7, 11) is 0. The fourth-order valence-electron chi connectivity index (χ4n) is 2.62. The van der Waals surface area contributed by atoms with Crippen LogP contribution in [0.4, 0.5) is 28.4 Å².